The Morgan fingerprint density at radius 1 is 0.933 bits per heavy atom. The van der Waals surface area contributed by atoms with Crippen LogP contribution < -0.4 is 10.0 Å². The molecule has 0 aromatic heterocycles. The Morgan fingerprint density at radius 3 is 2.30 bits per heavy atom. The number of carbonyl (C=O) groups excluding carboxylic acids is 1. The van der Waals surface area contributed by atoms with Gasteiger partial charge >= 0.3 is 0 Å². The lowest BCUT2D eigenvalue weighted by Gasteiger charge is -2.26. The second kappa shape index (κ2) is 8.75. The summed E-state index contributed by atoms with van der Waals surface area (Å²) in [4.78, 5) is 11.3. The van der Waals surface area contributed by atoms with Crippen LogP contribution in [0.2, 0.25) is 0 Å². The molecule has 0 radical (unpaired) electrons. The van der Waals surface area contributed by atoms with Gasteiger partial charge in [0.05, 0.1) is 15.5 Å². The van der Waals surface area contributed by atoms with Crippen molar-refractivity contribution >= 4 is 37.3 Å². The number of aryl methyl sites for hydroxylation is 1. The lowest BCUT2D eigenvalue weighted by molar-refractivity contribution is -0.114. The number of sulfonamides is 2. The third-order valence-electron chi connectivity index (χ3n) is 4.84. The summed E-state index contributed by atoms with van der Waals surface area (Å²) in [6, 6.07) is 10.4. The highest BCUT2D eigenvalue weighted by Crippen LogP contribution is 2.26. The summed E-state index contributed by atoms with van der Waals surface area (Å²) in [6.07, 6.45) is 2.63. The summed E-state index contributed by atoms with van der Waals surface area (Å²) in [7, 11) is -7.68. The van der Waals surface area contributed by atoms with Crippen molar-refractivity contribution in [2.45, 2.75) is 42.9 Å². The van der Waals surface area contributed by atoms with Crippen molar-refractivity contribution in [1.29, 1.82) is 0 Å². The third-order valence-corrected chi connectivity index (χ3v) is 8.26. The van der Waals surface area contributed by atoms with E-state index in [4.69, 9.17) is 0 Å². The Hall–Kier alpha value is -2.43. The van der Waals surface area contributed by atoms with Gasteiger partial charge in [-0.1, -0.05) is 18.6 Å². The summed E-state index contributed by atoms with van der Waals surface area (Å²) < 4.78 is 55.5. The van der Waals surface area contributed by atoms with Crippen molar-refractivity contribution in [3.05, 3.63) is 48.0 Å². The van der Waals surface area contributed by atoms with Crippen molar-refractivity contribution in [3.63, 3.8) is 0 Å². The van der Waals surface area contributed by atoms with E-state index in [1.165, 1.54) is 41.6 Å². The zero-order valence-corrected chi connectivity index (χ0v) is 18.5. The molecule has 1 amide bonds. The summed E-state index contributed by atoms with van der Waals surface area (Å²) in [5.41, 5.74) is 1.00. The maximum absolute atomic E-state index is 12.9. The van der Waals surface area contributed by atoms with Crippen LogP contribution in [0.5, 0.6) is 0 Å². The quantitative estimate of drug-likeness (QED) is 0.701. The molecule has 3 rings (SSSR count). The summed E-state index contributed by atoms with van der Waals surface area (Å²) in [5.74, 6) is -0.314. The van der Waals surface area contributed by atoms with Crippen LogP contribution in [0.25, 0.3) is 0 Å². The Labute approximate surface area is 177 Å². The van der Waals surface area contributed by atoms with Gasteiger partial charge in [-0.3, -0.25) is 9.52 Å². The lowest BCUT2D eigenvalue weighted by Crippen LogP contribution is -2.35. The molecule has 2 aromatic rings. The second-order valence-corrected chi connectivity index (χ2v) is 10.8. The van der Waals surface area contributed by atoms with Crippen molar-refractivity contribution in [2.24, 2.45) is 0 Å². The van der Waals surface area contributed by atoms with E-state index in [1.807, 2.05) is 0 Å². The third kappa shape index (κ3) is 5.00. The van der Waals surface area contributed by atoms with Gasteiger partial charge in [0.2, 0.25) is 15.9 Å². The van der Waals surface area contributed by atoms with Crippen molar-refractivity contribution in [3.8, 4) is 0 Å². The molecule has 10 heteroatoms. The fraction of sp³-hybridized carbons (Fsp3) is 0.350. The lowest BCUT2D eigenvalue weighted by atomic mass is 10.2. The Balaban J connectivity index is 1.89. The fourth-order valence-electron chi connectivity index (χ4n) is 3.36. The summed E-state index contributed by atoms with van der Waals surface area (Å²) in [5, 5.41) is 2.56. The number of amides is 1. The number of carbonyl (C=O) groups is 1. The van der Waals surface area contributed by atoms with E-state index in [0.29, 0.717) is 24.3 Å². The van der Waals surface area contributed by atoms with E-state index in [1.54, 1.807) is 19.1 Å². The van der Waals surface area contributed by atoms with E-state index < -0.39 is 20.0 Å². The van der Waals surface area contributed by atoms with Gasteiger partial charge in [-0.15, -0.1) is 0 Å². The van der Waals surface area contributed by atoms with E-state index in [-0.39, 0.29) is 21.4 Å². The van der Waals surface area contributed by atoms with Crippen LogP contribution in [0.1, 0.15) is 31.7 Å². The number of benzene rings is 2. The zero-order chi connectivity index (χ0) is 21.9. The van der Waals surface area contributed by atoms with Crippen LogP contribution in [-0.4, -0.2) is 40.1 Å². The van der Waals surface area contributed by atoms with E-state index in [2.05, 4.69) is 10.0 Å². The van der Waals surface area contributed by atoms with Gasteiger partial charge in [0.25, 0.3) is 10.0 Å². The Morgan fingerprint density at radius 2 is 1.63 bits per heavy atom. The summed E-state index contributed by atoms with van der Waals surface area (Å²) >= 11 is 0. The van der Waals surface area contributed by atoms with Crippen LogP contribution in [0.3, 0.4) is 0 Å². The molecule has 0 unspecified atom stereocenters. The van der Waals surface area contributed by atoms with Gasteiger partial charge in [-0.2, -0.15) is 4.31 Å². The van der Waals surface area contributed by atoms with E-state index in [9.17, 15) is 21.6 Å². The molecule has 0 bridgehead atoms. The number of nitrogens with zero attached hydrogens (tertiary/aromatic N) is 1. The topological polar surface area (TPSA) is 113 Å². The molecule has 1 aliphatic rings. The number of nitrogens with one attached hydrogen (secondary N) is 2. The van der Waals surface area contributed by atoms with E-state index in [0.717, 1.165) is 19.3 Å². The van der Waals surface area contributed by atoms with E-state index >= 15 is 0 Å². The molecule has 8 nitrogen and oxygen atoms in total. The maximum atomic E-state index is 12.9. The van der Waals surface area contributed by atoms with Gasteiger partial charge < -0.3 is 5.32 Å². The largest absolute Gasteiger partial charge is 0.326 e. The molecule has 1 fully saturated rings. The van der Waals surface area contributed by atoms with Gasteiger partial charge in [-0.05, 0) is 55.7 Å². The molecule has 0 spiro atoms. The minimum atomic E-state index is -4.00. The zero-order valence-electron chi connectivity index (χ0n) is 16.9. The molecule has 1 heterocycles. The highest BCUT2D eigenvalue weighted by Gasteiger charge is 2.26. The molecule has 0 saturated carbocycles. The Kier molecular flexibility index (Phi) is 6.49. The van der Waals surface area contributed by atoms with Gasteiger partial charge in [0, 0.05) is 25.7 Å². The van der Waals surface area contributed by atoms with Crippen LogP contribution in [-0.2, 0) is 24.8 Å². The standard InChI is InChI=1S/C20H25N3O5S2/c1-15-9-10-17(21-16(2)24)14-20(15)29(25,26)22-18-7-6-8-19(13-18)30(27,28)23-11-4-3-5-12-23/h6-10,13-14,22H,3-5,11-12H2,1-2H3,(H,21,24). The molecule has 1 aliphatic heterocycles. The molecule has 0 atom stereocenters. The number of hydrogen-bond donors (Lipinski definition) is 2. The average Bonchev–Trinajstić information content (AvgIpc) is 2.69. The fourth-order valence-corrected chi connectivity index (χ4v) is 6.24. The number of piperidine rings is 1. The van der Waals surface area contributed by atoms with Gasteiger partial charge in [0.15, 0.2) is 0 Å². The predicted molar refractivity (Wildman–Crippen MR) is 115 cm³/mol. The molecule has 0 aliphatic carbocycles. The van der Waals surface area contributed by atoms with Crippen LogP contribution in [0, 0.1) is 6.92 Å². The number of hydrogen-bond acceptors (Lipinski definition) is 5. The first-order chi connectivity index (χ1) is 14.1. The number of anilines is 2. The first-order valence-electron chi connectivity index (χ1n) is 9.61. The van der Waals surface area contributed by atoms with Gasteiger partial charge in [-0.25, -0.2) is 16.8 Å². The maximum Gasteiger partial charge on any atom is 0.262 e. The second-order valence-electron chi connectivity index (χ2n) is 7.26. The average molecular weight is 452 g/mol. The normalized spacial score (nSPS) is 15.5. The molecule has 30 heavy (non-hydrogen) atoms. The smallest absolute Gasteiger partial charge is 0.262 e. The molecule has 2 aromatic carbocycles. The number of rotatable bonds is 6. The molecule has 1 saturated heterocycles. The highest BCUT2D eigenvalue weighted by molar-refractivity contribution is 7.92. The predicted octanol–water partition coefficient (Wildman–Crippen LogP) is 2.93. The van der Waals surface area contributed by atoms with Gasteiger partial charge in [0.1, 0.15) is 0 Å². The summed E-state index contributed by atoms with van der Waals surface area (Å²) in [6.45, 7) is 3.91. The minimum absolute atomic E-state index is 0.00181. The Bertz CT molecular complexity index is 1150. The first kappa shape index (κ1) is 22.3. The monoisotopic (exact) mass is 451 g/mol. The SMILES string of the molecule is CC(=O)Nc1ccc(C)c(S(=O)(=O)Nc2cccc(S(=O)(=O)N3CCCCC3)c2)c1. The van der Waals surface area contributed by atoms with Crippen LogP contribution in [0.4, 0.5) is 11.4 Å². The van der Waals surface area contributed by atoms with Crippen molar-refractivity contribution in [1.82, 2.24) is 4.31 Å². The van der Waals surface area contributed by atoms with Crippen LogP contribution in [0.15, 0.2) is 52.3 Å². The van der Waals surface area contributed by atoms with Crippen molar-refractivity contribution < 1.29 is 21.6 Å². The molecular formula is C20H25N3O5S2. The first-order valence-corrected chi connectivity index (χ1v) is 12.5. The van der Waals surface area contributed by atoms with Crippen LogP contribution >= 0.6 is 0 Å². The highest BCUT2D eigenvalue weighted by atomic mass is 32.2. The molecular weight excluding hydrogens is 426 g/mol. The van der Waals surface area contributed by atoms with Crippen molar-refractivity contribution in [2.75, 3.05) is 23.1 Å². The molecule has 2 N–H and O–H groups in total. The molecule has 162 valence electrons. The minimum Gasteiger partial charge on any atom is -0.326 e.